The van der Waals surface area contributed by atoms with Gasteiger partial charge >= 0.3 is 0 Å². The summed E-state index contributed by atoms with van der Waals surface area (Å²) in [6.07, 6.45) is 0.361. The molecule has 0 aliphatic rings. The Kier molecular flexibility index (Phi) is 4.01. The number of aromatic hydroxyl groups is 1. The van der Waals surface area contributed by atoms with Crippen LogP contribution in [-0.2, 0) is 6.42 Å². The smallest absolute Gasteiger partial charge is 0.167 e. The molecule has 3 aromatic rings. The quantitative estimate of drug-likeness (QED) is 0.718. The van der Waals surface area contributed by atoms with Crippen molar-refractivity contribution < 1.29 is 9.90 Å². The number of hydrogen-bond acceptors (Lipinski definition) is 2. The van der Waals surface area contributed by atoms with Gasteiger partial charge in [-0.25, -0.2) is 0 Å². The zero-order valence-corrected chi connectivity index (χ0v) is 12.1. The predicted molar refractivity (Wildman–Crippen MR) is 88.0 cm³/mol. The predicted octanol–water partition coefficient (Wildman–Crippen LogP) is 4.48. The minimum atomic E-state index is 0.0448. The second kappa shape index (κ2) is 6.27. The molecule has 3 aromatic carbocycles. The van der Waals surface area contributed by atoms with Gasteiger partial charge in [0.15, 0.2) is 5.78 Å². The van der Waals surface area contributed by atoms with E-state index in [1.54, 1.807) is 18.2 Å². The Bertz CT molecular complexity index is 777. The van der Waals surface area contributed by atoms with Crippen LogP contribution in [0.5, 0.6) is 5.75 Å². The summed E-state index contributed by atoms with van der Waals surface area (Å²) in [5.41, 5.74) is 3.18. The van der Waals surface area contributed by atoms with E-state index in [0.29, 0.717) is 17.5 Å². The molecule has 0 bridgehead atoms. The molecule has 2 nitrogen and oxygen atoms in total. The number of hydrogen-bond donors (Lipinski definition) is 1. The Balaban J connectivity index is 1.91. The minimum Gasteiger partial charge on any atom is -0.507 e. The van der Waals surface area contributed by atoms with Crippen molar-refractivity contribution in [2.75, 3.05) is 0 Å². The lowest BCUT2D eigenvalue weighted by Gasteiger charge is -2.08. The summed E-state index contributed by atoms with van der Waals surface area (Å²) in [6, 6.07) is 24.3. The Morgan fingerprint density at radius 1 is 0.818 bits per heavy atom. The van der Waals surface area contributed by atoms with Crippen LogP contribution >= 0.6 is 0 Å². The summed E-state index contributed by atoms with van der Waals surface area (Å²) < 4.78 is 0. The van der Waals surface area contributed by atoms with Crippen molar-refractivity contribution in [3.63, 3.8) is 0 Å². The van der Waals surface area contributed by atoms with Crippen LogP contribution in [0.1, 0.15) is 15.9 Å². The van der Waals surface area contributed by atoms with Gasteiger partial charge in [0, 0.05) is 17.5 Å². The van der Waals surface area contributed by atoms with Crippen molar-refractivity contribution in [2.24, 2.45) is 0 Å². The van der Waals surface area contributed by atoms with E-state index < -0.39 is 0 Å². The van der Waals surface area contributed by atoms with Crippen LogP contribution < -0.4 is 0 Å². The number of rotatable bonds is 4. The highest BCUT2D eigenvalue weighted by Crippen LogP contribution is 2.30. The molecule has 0 aliphatic carbocycles. The molecule has 0 aliphatic heterocycles. The highest BCUT2D eigenvalue weighted by atomic mass is 16.3. The molecule has 2 heteroatoms. The highest BCUT2D eigenvalue weighted by Gasteiger charge is 2.11. The average molecular weight is 288 g/mol. The molecule has 0 heterocycles. The van der Waals surface area contributed by atoms with Crippen molar-refractivity contribution in [1.82, 2.24) is 0 Å². The molecule has 0 radical (unpaired) electrons. The van der Waals surface area contributed by atoms with Crippen LogP contribution in [0, 0.1) is 0 Å². The molecule has 0 unspecified atom stereocenters. The van der Waals surface area contributed by atoms with Crippen LogP contribution in [-0.4, -0.2) is 10.9 Å². The Morgan fingerprint density at radius 2 is 1.45 bits per heavy atom. The van der Waals surface area contributed by atoms with E-state index in [-0.39, 0.29) is 11.5 Å². The second-order valence-electron chi connectivity index (χ2n) is 5.18. The van der Waals surface area contributed by atoms with Gasteiger partial charge in [-0.05, 0) is 29.3 Å². The standard InChI is InChI=1S/C20H16O2/c21-19-12-11-17(14-18(19)16-9-5-2-6-10-16)20(22)13-15-7-3-1-4-8-15/h1-12,14,21H,13H2. The maximum atomic E-state index is 12.4. The fourth-order valence-corrected chi connectivity index (χ4v) is 2.44. The lowest BCUT2D eigenvalue weighted by atomic mass is 9.97. The lowest BCUT2D eigenvalue weighted by molar-refractivity contribution is 0.0993. The molecule has 0 spiro atoms. The first-order chi connectivity index (χ1) is 10.7. The number of carbonyl (C=O) groups excluding carboxylic acids is 1. The number of carbonyl (C=O) groups is 1. The number of phenolic OH excluding ortho intramolecular Hbond substituents is 1. The second-order valence-corrected chi connectivity index (χ2v) is 5.18. The monoisotopic (exact) mass is 288 g/mol. The zero-order chi connectivity index (χ0) is 15.4. The van der Waals surface area contributed by atoms with Crippen molar-refractivity contribution >= 4 is 5.78 Å². The van der Waals surface area contributed by atoms with Gasteiger partial charge < -0.3 is 5.11 Å². The van der Waals surface area contributed by atoms with Crippen molar-refractivity contribution in [3.05, 3.63) is 90.0 Å². The van der Waals surface area contributed by atoms with Crippen LogP contribution in [0.2, 0.25) is 0 Å². The van der Waals surface area contributed by atoms with Crippen LogP contribution in [0.25, 0.3) is 11.1 Å². The van der Waals surface area contributed by atoms with Gasteiger partial charge in [0.05, 0.1) is 0 Å². The number of benzene rings is 3. The normalized spacial score (nSPS) is 10.4. The summed E-state index contributed by atoms with van der Waals surface area (Å²) >= 11 is 0. The van der Waals surface area contributed by atoms with E-state index in [4.69, 9.17) is 0 Å². The Morgan fingerprint density at radius 3 is 2.14 bits per heavy atom. The van der Waals surface area contributed by atoms with Crippen molar-refractivity contribution in [1.29, 1.82) is 0 Å². The van der Waals surface area contributed by atoms with Gasteiger partial charge in [-0.1, -0.05) is 60.7 Å². The van der Waals surface area contributed by atoms with Crippen molar-refractivity contribution in [2.45, 2.75) is 6.42 Å². The molecular formula is C20H16O2. The summed E-state index contributed by atoms with van der Waals surface area (Å²) in [6.45, 7) is 0. The van der Waals surface area contributed by atoms with Crippen molar-refractivity contribution in [3.8, 4) is 16.9 Å². The highest BCUT2D eigenvalue weighted by molar-refractivity contribution is 5.99. The van der Waals surface area contributed by atoms with Gasteiger partial charge in [0.2, 0.25) is 0 Å². The molecule has 1 N–H and O–H groups in total. The SMILES string of the molecule is O=C(Cc1ccccc1)c1ccc(O)c(-c2ccccc2)c1. The third kappa shape index (κ3) is 3.07. The summed E-state index contributed by atoms with van der Waals surface area (Å²) in [7, 11) is 0. The van der Waals surface area contributed by atoms with E-state index in [1.807, 2.05) is 60.7 Å². The van der Waals surface area contributed by atoms with E-state index in [2.05, 4.69) is 0 Å². The largest absolute Gasteiger partial charge is 0.507 e. The first-order valence-corrected chi connectivity index (χ1v) is 7.19. The van der Waals surface area contributed by atoms with Crippen LogP contribution in [0.15, 0.2) is 78.9 Å². The molecule has 3 rings (SSSR count). The molecule has 0 fully saturated rings. The lowest BCUT2D eigenvalue weighted by Crippen LogP contribution is -2.03. The molecule has 108 valence electrons. The van der Waals surface area contributed by atoms with E-state index >= 15 is 0 Å². The maximum absolute atomic E-state index is 12.4. The molecule has 0 amide bonds. The average Bonchev–Trinajstić information content (AvgIpc) is 2.57. The van der Waals surface area contributed by atoms with Gasteiger partial charge in [0.1, 0.15) is 5.75 Å². The molecule has 0 aromatic heterocycles. The topological polar surface area (TPSA) is 37.3 Å². The fourth-order valence-electron chi connectivity index (χ4n) is 2.44. The van der Waals surface area contributed by atoms with Gasteiger partial charge in [-0.2, -0.15) is 0 Å². The van der Waals surface area contributed by atoms with E-state index in [9.17, 15) is 9.90 Å². The third-order valence-corrected chi connectivity index (χ3v) is 3.61. The van der Waals surface area contributed by atoms with E-state index in [0.717, 1.165) is 11.1 Å². The van der Waals surface area contributed by atoms with Gasteiger partial charge in [0.25, 0.3) is 0 Å². The zero-order valence-electron chi connectivity index (χ0n) is 12.1. The van der Waals surface area contributed by atoms with Crippen LogP contribution in [0.4, 0.5) is 0 Å². The first-order valence-electron chi connectivity index (χ1n) is 7.19. The fraction of sp³-hybridized carbons (Fsp3) is 0.0500. The van der Waals surface area contributed by atoms with Gasteiger partial charge in [-0.3, -0.25) is 4.79 Å². The van der Waals surface area contributed by atoms with Crippen LogP contribution in [0.3, 0.4) is 0 Å². The number of phenols is 1. The molecule has 0 saturated carbocycles. The summed E-state index contributed by atoms with van der Waals surface area (Å²) in [5, 5.41) is 10.0. The minimum absolute atomic E-state index is 0.0448. The first kappa shape index (κ1) is 14.1. The molecule has 22 heavy (non-hydrogen) atoms. The Hall–Kier alpha value is -2.87. The number of Topliss-reactive ketones (excluding diaryl/α,β-unsaturated/α-hetero) is 1. The number of ketones is 1. The maximum Gasteiger partial charge on any atom is 0.167 e. The summed E-state index contributed by atoms with van der Waals surface area (Å²) in [4.78, 5) is 12.4. The Labute approximate surface area is 129 Å². The van der Waals surface area contributed by atoms with Gasteiger partial charge in [-0.15, -0.1) is 0 Å². The summed E-state index contributed by atoms with van der Waals surface area (Å²) in [5.74, 6) is 0.228. The third-order valence-electron chi connectivity index (χ3n) is 3.61. The molecular weight excluding hydrogens is 272 g/mol. The van der Waals surface area contributed by atoms with E-state index in [1.165, 1.54) is 0 Å². The molecule has 0 atom stereocenters. The molecule has 0 saturated heterocycles.